The van der Waals surface area contributed by atoms with Crippen molar-refractivity contribution >= 4 is 17.7 Å². The van der Waals surface area contributed by atoms with Crippen molar-refractivity contribution in [1.29, 1.82) is 0 Å². The van der Waals surface area contributed by atoms with E-state index in [1.165, 1.54) is 18.0 Å². The maximum atomic E-state index is 11.0. The van der Waals surface area contributed by atoms with E-state index in [1.54, 1.807) is 6.20 Å². The number of hydrogen-bond acceptors (Lipinski definition) is 5. The lowest BCUT2D eigenvalue weighted by Gasteiger charge is -2.00. The number of carbonyl (C=O) groups excluding carboxylic acids is 1. The molecule has 1 aromatic rings. The van der Waals surface area contributed by atoms with Crippen molar-refractivity contribution in [2.24, 2.45) is 5.84 Å². The molecule has 1 aromatic heterocycles. The van der Waals surface area contributed by atoms with Gasteiger partial charge in [-0.05, 0) is 5.75 Å². The van der Waals surface area contributed by atoms with Crippen molar-refractivity contribution in [1.82, 2.24) is 15.4 Å². The van der Waals surface area contributed by atoms with Crippen LogP contribution < -0.4 is 11.3 Å². The van der Waals surface area contributed by atoms with Crippen LogP contribution in [0.1, 0.15) is 17.4 Å². The van der Waals surface area contributed by atoms with Gasteiger partial charge in [-0.15, -0.1) is 11.8 Å². The molecule has 0 saturated carbocycles. The first-order valence-electron chi connectivity index (χ1n) is 3.73. The van der Waals surface area contributed by atoms with Gasteiger partial charge in [0.15, 0.2) is 0 Å². The molecular formula is C7H10N4OS. The summed E-state index contributed by atoms with van der Waals surface area (Å²) in [6, 6.07) is 0. The Morgan fingerprint density at radius 1 is 1.69 bits per heavy atom. The van der Waals surface area contributed by atoms with E-state index in [0.29, 0.717) is 0 Å². The first-order valence-corrected chi connectivity index (χ1v) is 4.72. The van der Waals surface area contributed by atoms with Gasteiger partial charge in [-0.25, -0.2) is 10.8 Å². The first-order chi connectivity index (χ1) is 6.27. The summed E-state index contributed by atoms with van der Waals surface area (Å²) in [5.41, 5.74) is 2.24. The quantitative estimate of drug-likeness (QED) is 0.314. The Kier molecular flexibility index (Phi) is 3.66. The van der Waals surface area contributed by atoms with Gasteiger partial charge in [0.1, 0.15) is 10.7 Å². The van der Waals surface area contributed by atoms with E-state index >= 15 is 0 Å². The van der Waals surface area contributed by atoms with E-state index in [4.69, 9.17) is 5.84 Å². The number of rotatable bonds is 3. The Bertz CT molecular complexity index is 304. The lowest BCUT2D eigenvalue weighted by atomic mass is 10.4. The topological polar surface area (TPSA) is 80.9 Å². The van der Waals surface area contributed by atoms with Crippen LogP contribution in [-0.4, -0.2) is 21.6 Å². The van der Waals surface area contributed by atoms with Crippen LogP contribution in [0.5, 0.6) is 0 Å². The number of amides is 1. The van der Waals surface area contributed by atoms with Gasteiger partial charge in [-0.3, -0.25) is 15.2 Å². The van der Waals surface area contributed by atoms with Gasteiger partial charge >= 0.3 is 0 Å². The number of nitrogens with one attached hydrogen (secondary N) is 1. The van der Waals surface area contributed by atoms with Crippen molar-refractivity contribution in [3.05, 3.63) is 18.1 Å². The summed E-state index contributed by atoms with van der Waals surface area (Å²) in [5, 5.41) is 0.726. The molecule has 13 heavy (non-hydrogen) atoms. The second kappa shape index (κ2) is 4.78. The van der Waals surface area contributed by atoms with Gasteiger partial charge in [0.05, 0.1) is 12.4 Å². The van der Waals surface area contributed by atoms with E-state index in [-0.39, 0.29) is 5.69 Å². The Hall–Kier alpha value is -1.14. The molecule has 0 spiro atoms. The number of hydrazine groups is 1. The van der Waals surface area contributed by atoms with Crippen molar-refractivity contribution in [2.75, 3.05) is 5.75 Å². The summed E-state index contributed by atoms with van der Waals surface area (Å²) >= 11 is 1.52. The number of nitrogens with two attached hydrogens (primary N) is 1. The van der Waals surface area contributed by atoms with E-state index in [9.17, 15) is 4.79 Å². The zero-order chi connectivity index (χ0) is 9.68. The lowest BCUT2D eigenvalue weighted by Crippen LogP contribution is -2.30. The van der Waals surface area contributed by atoms with Gasteiger partial charge < -0.3 is 0 Å². The van der Waals surface area contributed by atoms with Crippen LogP contribution in [0.3, 0.4) is 0 Å². The van der Waals surface area contributed by atoms with E-state index in [1.807, 2.05) is 12.3 Å². The first kappa shape index (κ1) is 9.94. The summed E-state index contributed by atoms with van der Waals surface area (Å²) in [5.74, 6) is 5.42. The fourth-order valence-corrected chi connectivity index (χ4v) is 1.34. The molecule has 70 valence electrons. The molecular weight excluding hydrogens is 188 g/mol. The van der Waals surface area contributed by atoms with E-state index < -0.39 is 5.91 Å². The number of aromatic nitrogens is 2. The third kappa shape index (κ3) is 2.67. The number of thioether (sulfide) groups is 1. The number of nitrogen functional groups attached to an aromatic ring is 1. The Morgan fingerprint density at radius 2 is 2.46 bits per heavy atom. The molecule has 6 heteroatoms. The minimum Gasteiger partial charge on any atom is -0.289 e. The highest BCUT2D eigenvalue weighted by Gasteiger charge is 2.06. The molecule has 1 amide bonds. The minimum atomic E-state index is -0.425. The molecule has 0 unspecified atom stereocenters. The summed E-state index contributed by atoms with van der Waals surface area (Å²) < 4.78 is 0. The van der Waals surface area contributed by atoms with Crippen LogP contribution in [0.4, 0.5) is 0 Å². The third-order valence-corrected chi connectivity index (χ3v) is 2.05. The van der Waals surface area contributed by atoms with E-state index in [2.05, 4.69) is 9.97 Å². The fraction of sp³-hybridized carbons (Fsp3) is 0.286. The molecule has 0 aliphatic rings. The van der Waals surface area contributed by atoms with Gasteiger partial charge in [-0.2, -0.15) is 0 Å². The summed E-state index contributed by atoms with van der Waals surface area (Å²) in [6.45, 7) is 2.00. The molecule has 0 aromatic carbocycles. The minimum absolute atomic E-state index is 0.237. The zero-order valence-electron chi connectivity index (χ0n) is 7.15. The van der Waals surface area contributed by atoms with Crippen molar-refractivity contribution in [3.8, 4) is 0 Å². The maximum Gasteiger partial charge on any atom is 0.285 e. The molecule has 0 saturated heterocycles. The standard InChI is InChI=1S/C7H10N4OS/c1-2-13-6-4-9-3-5(10-6)7(12)11-8/h3-4H,2,8H2,1H3,(H,11,12). The van der Waals surface area contributed by atoms with Crippen LogP contribution in [0.25, 0.3) is 0 Å². The molecule has 0 bridgehead atoms. The van der Waals surface area contributed by atoms with Crippen molar-refractivity contribution in [3.63, 3.8) is 0 Å². The average molecular weight is 198 g/mol. The largest absolute Gasteiger partial charge is 0.289 e. The molecule has 0 radical (unpaired) electrons. The average Bonchev–Trinajstić information content (AvgIpc) is 2.18. The molecule has 1 rings (SSSR count). The molecule has 0 aliphatic carbocycles. The molecule has 0 fully saturated rings. The van der Waals surface area contributed by atoms with Crippen LogP contribution in [0.2, 0.25) is 0 Å². The fourth-order valence-electron chi connectivity index (χ4n) is 0.749. The number of hydrogen-bond donors (Lipinski definition) is 2. The van der Waals surface area contributed by atoms with Gasteiger partial charge in [0.2, 0.25) is 0 Å². The number of carbonyl (C=O) groups is 1. The van der Waals surface area contributed by atoms with Gasteiger partial charge in [-0.1, -0.05) is 6.92 Å². The van der Waals surface area contributed by atoms with Gasteiger partial charge in [0, 0.05) is 0 Å². The Labute approximate surface area is 80.1 Å². The SMILES string of the molecule is CCSc1cncc(C(=O)NN)n1. The molecule has 0 atom stereocenters. The van der Waals surface area contributed by atoms with Crippen LogP contribution in [0.15, 0.2) is 17.4 Å². The van der Waals surface area contributed by atoms with Gasteiger partial charge in [0.25, 0.3) is 5.91 Å². The predicted octanol–water partition coefficient (Wildman–Crippen LogP) is 0.192. The van der Waals surface area contributed by atoms with Crippen LogP contribution in [0, 0.1) is 0 Å². The van der Waals surface area contributed by atoms with Crippen molar-refractivity contribution < 1.29 is 4.79 Å². The second-order valence-electron chi connectivity index (χ2n) is 2.15. The van der Waals surface area contributed by atoms with Crippen LogP contribution in [-0.2, 0) is 0 Å². The highest BCUT2D eigenvalue weighted by Crippen LogP contribution is 2.12. The highest BCUT2D eigenvalue weighted by molar-refractivity contribution is 7.99. The monoisotopic (exact) mass is 198 g/mol. The summed E-state index contributed by atoms with van der Waals surface area (Å²) in [4.78, 5) is 18.9. The molecule has 0 aliphatic heterocycles. The smallest absolute Gasteiger partial charge is 0.285 e. The number of nitrogens with zero attached hydrogens (tertiary/aromatic N) is 2. The zero-order valence-corrected chi connectivity index (χ0v) is 7.97. The highest BCUT2D eigenvalue weighted by atomic mass is 32.2. The Balaban J connectivity index is 2.85. The Morgan fingerprint density at radius 3 is 3.08 bits per heavy atom. The maximum absolute atomic E-state index is 11.0. The molecule has 5 nitrogen and oxygen atoms in total. The normalized spacial score (nSPS) is 9.69. The molecule has 3 N–H and O–H groups in total. The van der Waals surface area contributed by atoms with E-state index in [0.717, 1.165) is 10.8 Å². The third-order valence-electron chi connectivity index (χ3n) is 1.27. The molecule has 1 heterocycles. The van der Waals surface area contributed by atoms with Crippen LogP contribution >= 0.6 is 11.8 Å². The summed E-state index contributed by atoms with van der Waals surface area (Å²) in [7, 11) is 0. The second-order valence-corrected chi connectivity index (χ2v) is 3.43. The summed E-state index contributed by atoms with van der Waals surface area (Å²) in [6.07, 6.45) is 2.99. The van der Waals surface area contributed by atoms with Crippen molar-refractivity contribution in [2.45, 2.75) is 11.9 Å². The lowest BCUT2D eigenvalue weighted by molar-refractivity contribution is 0.0947. The predicted molar refractivity (Wildman–Crippen MR) is 50.1 cm³/mol.